The molecule has 1 heterocycles. The monoisotopic (exact) mass is 290 g/mol. The van der Waals surface area contributed by atoms with Gasteiger partial charge in [-0.3, -0.25) is 0 Å². The van der Waals surface area contributed by atoms with Gasteiger partial charge in [0, 0.05) is 25.0 Å². The number of hydrogen-bond donors (Lipinski definition) is 0. The molecule has 0 spiro atoms. The summed E-state index contributed by atoms with van der Waals surface area (Å²) in [7, 11) is 0. The third-order valence-corrected chi connectivity index (χ3v) is 4.29. The smallest absolute Gasteiger partial charge is 0.181 e. The number of aryl methyl sites for hydroxylation is 2. The van der Waals surface area contributed by atoms with E-state index < -0.39 is 0 Å². The fourth-order valence-electron chi connectivity index (χ4n) is 2.98. The van der Waals surface area contributed by atoms with Crippen LogP contribution in [0.5, 0.6) is 0 Å². The highest BCUT2D eigenvalue weighted by Crippen LogP contribution is 2.10. The first kappa shape index (κ1) is 18.2. The average molecular weight is 291 g/mol. The largest absolute Gasteiger partial charge is 0.202 e. The Bertz CT molecular complexity index is 345. The van der Waals surface area contributed by atoms with Crippen molar-refractivity contribution < 1.29 is 4.57 Å². The van der Waals surface area contributed by atoms with Crippen molar-refractivity contribution in [2.45, 2.75) is 97.4 Å². The van der Waals surface area contributed by atoms with Gasteiger partial charge in [0.2, 0.25) is 0 Å². The molecule has 0 aliphatic carbocycles. The van der Waals surface area contributed by atoms with Crippen molar-refractivity contribution >= 4 is 0 Å². The van der Waals surface area contributed by atoms with E-state index >= 15 is 0 Å². The summed E-state index contributed by atoms with van der Waals surface area (Å²) in [6.45, 7) is 5.75. The van der Waals surface area contributed by atoms with Gasteiger partial charge in [-0.25, -0.2) is 4.57 Å². The van der Waals surface area contributed by atoms with Gasteiger partial charge in [0.1, 0.15) is 6.54 Å². The SMILES string of the molecule is CCCCCCCCCCCC[n+]1ccccc1CCC. The van der Waals surface area contributed by atoms with Crippen molar-refractivity contribution in [2.24, 2.45) is 0 Å². The Labute approximate surface area is 132 Å². The Morgan fingerprint density at radius 3 is 1.95 bits per heavy atom. The van der Waals surface area contributed by atoms with Crippen LogP contribution in [0.2, 0.25) is 0 Å². The fourth-order valence-corrected chi connectivity index (χ4v) is 2.98. The van der Waals surface area contributed by atoms with Crippen LogP contribution in [-0.4, -0.2) is 0 Å². The zero-order chi connectivity index (χ0) is 15.2. The lowest BCUT2D eigenvalue weighted by Gasteiger charge is -2.04. The molecule has 0 saturated heterocycles. The van der Waals surface area contributed by atoms with Crippen molar-refractivity contribution in [1.82, 2.24) is 0 Å². The van der Waals surface area contributed by atoms with Gasteiger partial charge in [0.15, 0.2) is 11.9 Å². The van der Waals surface area contributed by atoms with Crippen molar-refractivity contribution in [3.63, 3.8) is 0 Å². The molecule has 0 radical (unpaired) electrons. The molecular formula is C20H36N+. The molecule has 0 atom stereocenters. The normalized spacial score (nSPS) is 11.0. The molecule has 0 aromatic carbocycles. The van der Waals surface area contributed by atoms with Crippen LogP contribution in [0.25, 0.3) is 0 Å². The van der Waals surface area contributed by atoms with E-state index in [1.54, 1.807) is 0 Å². The second-order valence-corrected chi connectivity index (χ2v) is 6.32. The highest BCUT2D eigenvalue weighted by Gasteiger charge is 2.07. The minimum absolute atomic E-state index is 1.20. The zero-order valence-electron chi connectivity index (χ0n) is 14.4. The first-order valence-corrected chi connectivity index (χ1v) is 9.35. The van der Waals surface area contributed by atoms with E-state index in [1.807, 2.05) is 0 Å². The first-order chi connectivity index (χ1) is 10.4. The molecule has 0 fully saturated rings. The lowest BCUT2D eigenvalue weighted by molar-refractivity contribution is -0.704. The third-order valence-electron chi connectivity index (χ3n) is 4.29. The van der Waals surface area contributed by atoms with E-state index in [-0.39, 0.29) is 0 Å². The molecule has 1 rings (SSSR count). The lowest BCUT2D eigenvalue weighted by atomic mass is 10.1. The summed E-state index contributed by atoms with van der Waals surface area (Å²) in [4.78, 5) is 0. The van der Waals surface area contributed by atoms with E-state index in [2.05, 4.69) is 42.8 Å². The van der Waals surface area contributed by atoms with Gasteiger partial charge in [-0.1, -0.05) is 71.3 Å². The standard InChI is InChI=1S/C20H36N/c1-3-5-6-7-8-9-10-11-12-14-18-21-19-15-13-17-20(21)16-4-2/h13,15,17,19H,3-12,14,16,18H2,1-2H3/q+1. The van der Waals surface area contributed by atoms with Gasteiger partial charge >= 0.3 is 0 Å². The second-order valence-electron chi connectivity index (χ2n) is 6.32. The average Bonchev–Trinajstić information content (AvgIpc) is 2.51. The van der Waals surface area contributed by atoms with Crippen LogP contribution < -0.4 is 4.57 Å². The number of aromatic nitrogens is 1. The maximum Gasteiger partial charge on any atom is 0.181 e. The summed E-state index contributed by atoms with van der Waals surface area (Å²) in [5, 5.41) is 0. The molecule has 1 heteroatoms. The second kappa shape index (κ2) is 12.9. The fraction of sp³-hybridized carbons (Fsp3) is 0.750. The number of pyridine rings is 1. The molecule has 1 aromatic rings. The number of unbranched alkanes of at least 4 members (excludes halogenated alkanes) is 9. The van der Waals surface area contributed by atoms with Gasteiger partial charge in [0.05, 0.1) is 0 Å². The Morgan fingerprint density at radius 2 is 1.33 bits per heavy atom. The van der Waals surface area contributed by atoms with E-state index in [4.69, 9.17) is 0 Å². The maximum absolute atomic E-state index is 2.45. The zero-order valence-corrected chi connectivity index (χ0v) is 14.4. The minimum atomic E-state index is 1.20. The molecule has 21 heavy (non-hydrogen) atoms. The molecule has 0 saturated carbocycles. The molecule has 0 aliphatic heterocycles. The summed E-state index contributed by atoms with van der Waals surface area (Å²) in [6.07, 6.45) is 18.9. The van der Waals surface area contributed by atoms with Crippen LogP contribution in [0.3, 0.4) is 0 Å². The van der Waals surface area contributed by atoms with E-state index in [0.717, 1.165) is 0 Å². The number of rotatable bonds is 13. The third kappa shape index (κ3) is 8.90. The van der Waals surface area contributed by atoms with Crippen molar-refractivity contribution in [2.75, 3.05) is 0 Å². The molecule has 120 valence electrons. The molecule has 0 unspecified atom stereocenters. The van der Waals surface area contributed by atoms with Gasteiger partial charge in [-0.05, 0) is 12.8 Å². The highest BCUT2D eigenvalue weighted by atomic mass is 14.9. The van der Waals surface area contributed by atoms with Gasteiger partial charge in [-0.2, -0.15) is 0 Å². The van der Waals surface area contributed by atoms with Crippen LogP contribution in [0.15, 0.2) is 24.4 Å². The van der Waals surface area contributed by atoms with Crippen LogP contribution in [0, 0.1) is 0 Å². The minimum Gasteiger partial charge on any atom is -0.202 e. The summed E-state index contributed by atoms with van der Waals surface area (Å²) in [6, 6.07) is 6.61. The van der Waals surface area contributed by atoms with Crippen molar-refractivity contribution in [3.05, 3.63) is 30.1 Å². The van der Waals surface area contributed by atoms with E-state index in [9.17, 15) is 0 Å². The predicted octanol–water partition coefficient (Wildman–Crippen LogP) is 5.85. The van der Waals surface area contributed by atoms with E-state index in [1.165, 1.54) is 89.3 Å². The molecule has 0 N–H and O–H groups in total. The summed E-state index contributed by atoms with van der Waals surface area (Å²) < 4.78 is 2.45. The maximum atomic E-state index is 2.45. The quantitative estimate of drug-likeness (QED) is 0.317. The number of hydrogen-bond acceptors (Lipinski definition) is 0. The summed E-state index contributed by atoms with van der Waals surface area (Å²) in [5.41, 5.74) is 1.50. The Kier molecular flexibility index (Phi) is 11.1. The molecule has 0 amide bonds. The molecule has 0 bridgehead atoms. The highest BCUT2D eigenvalue weighted by molar-refractivity contribution is 4.97. The Hall–Kier alpha value is -0.850. The van der Waals surface area contributed by atoms with Crippen molar-refractivity contribution in [3.8, 4) is 0 Å². The van der Waals surface area contributed by atoms with Gasteiger partial charge in [-0.15, -0.1) is 0 Å². The Balaban J connectivity index is 2.01. The lowest BCUT2D eigenvalue weighted by Crippen LogP contribution is -2.37. The van der Waals surface area contributed by atoms with Crippen molar-refractivity contribution in [1.29, 1.82) is 0 Å². The van der Waals surface area contributed by atoms with Crippen LogP contribution >= 0.6 is 0 Å². The summed E-state index contributed by atoms with van der Waals surface area (Å²) in [5.74, 6) is 0. The Morgan fingerprint density at radius 1 is 0.714 bits per heavy atom. The van der Waals surface area contributed by atoms with Crippen LogP contribution in [0.4, 0.5) is 0 Å². The van der Waals surface area contributed by atoms with Crippen LogP contribution in [0.1, 0.15) is 90.2 Å². The first-order valence-electron chi connectivity index (χ1n) is 9.35. The van der Waals surface area contributed by atoms with Gasteiger partial charge < -0.3 is 0 Å². The van der Waals surface area contributed by atoms with Gasteiger partial charge in [0.25, 0.3) is 0 Å². The topological polar surface area (TPSA) is 3.88 Å². The number of nitrogens with zero attached hydrogens (tertiary/aromatic N) is 1. The molecule has 1 nitrogen and oxygen atoms in total. The molecule has 1 aromatic heterocycles. The van der Waals surface area contributed by atoms with E-state index in [0.29, 0.717) is 0 Å². The van der Waals surface area contributed by atoms with Crippen LogP contribution in [-0.2, 0) is 13.0 Å². The predicted molar refractivity (Wildman–Crippen MR) is 92.5 cm³/mol. The summed E-state index contributed by atoms with van der Waals surface area (Å²) >= 11 is 0. The molecule has 0 aliphatic rings. The molecular weight excluding hydrogens is 254 g/mol.